The van der Waals surface area contributed by atoms with Crippen LogP contribution in [0.1, 0.15) is 0 Å². The van der Waals surface area contributed by atoms with Crippen molar-refractivity contribution in [1.29, 1.82) is 0 Å². The molecule has 0 nitrogen and oxygen atoms in total. The van der Waals surface area contributed by atoms with Crippen molar-refractivity contribution in [2.45, 2.75) is 0 Å². The SMILES string of the molecule is c1ccc2cc([Se]c3ccc4ccccc4c3)ccc2c1. The Labute approximate surface area is 130 Å². The summed E-state index contributed by atoms with van der Waals surface area (Å²) in [4.78, 5) is 0. The Morgan fingerprint density at radius 2 is 0.857 bits per heavy atom. The fourth-order valence-electron chi connectivity index (χ4n) is 2.60. The summed E-state index contributed by atoms with van der Waals surface area (Å²) in [6, 6.07) is 30.7. The van der Waals surface area contributed by atoms with Gasteiger partial charge in [0.1, 0.15) is 0 Å². The van der Waals surface area contributed by atoms with E-state index in [1.807, 2.05) is 0 Å². The molecule has 4 rings (SSSR count). The first-order chi connectivity index (χ1) is 10.4. The predicted molar refractivity (Wildman–Crippen MR) is 92.9 cm³/mol. The van der Waals surface area contributed by atoms with Crippen molar-refractivity contribution in [3.63, 3.8) is 0 Å². The first-order valence-electron chi connectivity index (χ1n) is 7.04. The Bertz CT molecular complexity index is 847. The molecule has 0 aliphatic heterocycles. The first kappa shape index (κ1) is 12.6. The van der Waals surface area contributed by atoms with E-state index in [1.165, 1.54) is 30.5 Å². The maximum absolute atomic E-state index is 2.32. The van der Waals surface area contributed by atoms with Gasteiger partial charge < -0.3 is 0 Å². The van der Waals surface area contributed by atoms with Crippen LogP contribution in [0.4, 0.5) is 0 Å². The Morgan fingerprint density at radius 3 is 1.33 bits per heavy atom. The van der Waals surface area contributed by atoms with Gasteiger partial charge in [-0.15, -0.1) is 0 Å². The van der Waals surface area contributed by atoms with Crippen LogP contribution >= 0.6 is 0 Å². The van der Waals surface area contributed by atoms with Gasteiger partial charge >= 0.3 is 130 Å². The minimum atomic E-state index is 0.355. The van der Waals surface area contributed by atoms with Gasteiger partial charge in [0.15, 0.2) is 0 Å². The van der Waals surface area contributed by atoms with Crippen LogP contribution in [0.5, 0.6) is 0 Å². The van der Waals surface area contributed by atoms with Gasteiger partial charge in [-0.3, -0.25) is 0 Å². The monoisotopic (exact) mass is 334 g/mol. The van der Waals surface area contributed by atoms with Gasteiger partial charge in [0.05, 0.1) is 0 Å². The Balaban J connectivity index is 1.71. The van der Waals surface area contributed by atoms with E-state index in [0.29, 0.717) is 15.0 Å². The van der Waals surface area contributed by atoms with E-state index in [-0.39, 0.29) is 0 Å². The van der Waals surface area contributed by atoms with Crippen molar-refractivity contribution in [1.82, 2.24) is 0 Å². The molecule has 100 valence electrons. The summed E-state index contributed by atoms with van der Waals surface area (Å²) < 4.78 is 2.85. The van der Waals surface area contributed by atoms with E-state index in [2.05, 4.69) is 84.9 Å². The van der Waals surface area contributed by atoms with Crippen LogP contribution in [-0.2, 0) is 0 Å². The van der Waals surface area contributed by atoms with Crippen molar-refractivity contribution in [3.05, 3.63) is 84.9 Å². The molecule has 0 radical (unpaired) electrons. The summed E-state index contributed by atoms with van der Waals surface area (Å²) in [6.45, 7) is 0. The summed E-state index contributed by atoms with van der Waals surface area (Å²) >= 11 is 0.355. The molecule has 0 aliphatic rings. The number of hydrogen-bond donors (Lipinski definition) is 0. The molecule has 0 atom stereocenters. The molecule has 0 aromatic heterocycles. The molecule has 0 heterocycles. The van der Waals surface area contributed by atoms with Crippen LogP contribution in [0.15, 0.2) is 84.9 Å². The fourth-order valence-corrected chi connectivity index (χ4v) is 4.52. The van der Waals surface area contributed by atoms with Crippen molar-refractivity contribution < 1.29 is 0 Å². The molecule has 0 saturated heterocycles. The molecule has 0 aliphatic carbocycles. The van der Waals surface area contributed by atoms with Crippen molar-refractivity contribution in [3.8, 4) is 0 Å². The molecule has 4 aromatic carbocycles. The average Bonchev–Trinajstić information content (AvgIpc) is 2.55. The molecular formula is C20H14Se. The summed E-state index contributed by atoms with van der Waals surface area (Å²) in [7, 11) is 0. The predicted octanol–water partition coefficient (Wildman–Crippen LogP) is 3.65. The van der Waals surface area contributed by atoms with Gasteiger partial charge in [0, 0.05) is 0 Å². The second-order valence-electron chi connectivity index (χ2n) is 5.12. The van der Waals surface area contributed by atoms with Crippen molar-refractivity contribution in [2.75, 3.05) is 0 Å². The topological polar surface area (TPSA) is 0 Å². The molecule has 0 bridgehead atoms. The zero-order chi connectivity index (χ0) is 14.1. The van der Waals surface area contributed by atoms with Gasteiger partial charge in [-0.25, -0.2) is 0 Å². The molecule has 0 unspecified atom stereocenters. The first-order valence-corrected chi connectivity index (χ1v) is 8.75. The number of rotatable bonds is 2. The van der Waals surface area contributed by atoms with E-state index in [4.69, 9.17) is 0 Å². The Morgan fingerprint density at radius 1 is 0.429 bits per heavy atom. The molecule has 0 N–H and O–H groups in total. The van der Waals surface area contributed by atoms with Crippen LogP contribution in [0.2, 0.25) is 0 Å². The van der Waals surface area contributed by atoms with Crippen molar-refractivity contribution >= 4 is 45.4 Å². The molecule has 0 saturated carbocycles. The third-order valence-electron chi connectivity index (χ3n) is 3.68. The van der Waals surface area contributed by atoms with Crippen LogP contribution < -0.4 is 8.92 Å². The second kappa shape index (κ2) is 5.37. The summed E-state index contributed by atoms with van der Waals surface area (Å²) in [5, 5.41) is 5.29. The Hall–Kier alpha value is -2.08. The van der Waals surface area contributed by atoms with E-state index in [0.717, 1.165) is 0 Å². The molecule has 1 heteroatoms. The van der Waals surface area contributed by atoms with E-state index in [1.54, 1.807) is 0 Å². The molecule has 0 spiro atoms. The average molecular weight is 333 g/mol. The summed E-state index contributed by atoms with van der Waals surface area (Å²) in [5.74, 6) is 0. The molecular weight excluding hydrogens is 319 g/mol. The normalized spacial score (nSPS) is 11.0. The zero-order valence-electron chi connectivity index (χ0n) is 11.5. The maximum atomic E-state index is 2.32. The van der Waals surface area contributed by atoms with Gasteiger partial charge in [-0.1, -0.05) is 0 Å². The van der Waals surface area contributed by atoms with Crippen LogP contribution in [-0.4, -0.2) is 15.0 Å². The zero-order valence-corrected chi connectivity index (χ0v) is 13.2. The Kier molecular flexibility index (Phi) is 3.23. The fraction of sp³-hybridized carbons (Fsp3) is 0. The molecule has 4 aromatic rings. The van der Waals surface area contributed by atoms with Gasteiger partial charge in [-0.05, 0) is 0 Å². The molecule has 21 heavy (non-hydrogen) atoms. The summed E-state index contributed by atoms with van der Waals surface area (Å²) in [6.07, 6.45) is 0. The standard InChI is InChI=1S/C20H14Se/c1-3-7-17-13-19(11-9-15(17)5-1)21-20-12-10-16-6-2-4-8-18(16)14-20/h1-14H. The molecule has 0 amide bonds. The third-order valence-corrected chi connectivity index (χ3v) is 5.73. The summed E-state index contributed by atoms with van der Waals surface area (Å²) in [5.41, 5.74) is 0. The van der Waals surface area contributed by atoms with E-state index >= 15 is 0 Å². The number of hydrogen-bond acceptors (Lipinski definition) is 0. The van der Waals surface area contributed by atoms with Crippen LogP contribution in [0, 0.1) is 0 Å². The number of fused-ring (bicyclic) bond motifs is 2. The quantitative estimate of drug-likeness (QED) is 0.491. The van der Waals surface area contributed by atoms with E-state index < -0.39 is 0 Å². The van der Waals surface area contributed by atoms with Crippen LogP contribution in [0.25, 0.3) is 21.5 Å². The molecule has 0 fully saturated rings. The van der Waals surface area contributed by atoms with Gasteiger partial charge in [-0.2, -0.15) is 0 Å². The second-order valence-corrected chi connectivity index (χ2v) is 7.53. The van der Waals surface area contributed by atoms with Gasteiger partial charge in [0.25, 0.3) is 0 Å². The minimum absolute atomic E-state index is 0.355. The third kappa shape index (κ3) is 2.58. The van der Waals surface area contributed by atoms with E-state index in [9.17, 15) is 0 Å². The van der Waals surface area contributed by atoms with Gasteiger partial charge in [0.2, 0.25) is 0 Å². The van der Waals surface area contributed by atoms with Crippen molar-refractivity contribution in [2.24, 2.45) is 0 Å². The number of benzene rings is 4. The van der Waals surface area contributed by atoms with Crippen LogP contribution in [0.3, 0.4) is 0 Å².